The average Bonchev–Trinajstić information content (AvgIpc) is 2.96. The van der Waals surface area contributed by atoms with E-state index in [4.69, 9.17) is 9.47 Å². The van der Waals surface area contributed by atoms with E-state index in [1.54, 1.807) is 0 Å². The average molecular weight is 603 g/mol. The largest absolute Gasteiger partial charge is 0.466 e. The number of carbonyl (C=O) groups is 2. The van der Waals surface area contributed by atoms with Gasteiger partial charge in [0.25, 0.3) is 0 Å². The van der Waals surface area contributed by atoms with E-state index in [0.29, 0.717) is 31.5 Å². The third-order valence-electron chi connectivity index (χ3n) is 11.1. The van der Waals surface area contributed by atoms with Crippen LogP contribution in [0.1, 0.15) is 194 Å². The van der Waals surface area contributed by atoms with E-state index in [9.17, 15) is 9.59 Å². The lowest BCUT2D eigenvalue weighted by molar-refractivity contribution is -0.152. The monoisotopic (exact) mass is 603 g/mol. The van der Waals surface area contributed by atoms with Crippen molar-refractivity contribution in [3.05, 3.63) is 0 Å². The molecule has 4 aliphatic rings. The summed E-state index contributed by atoms with van der Waals surface area (Å²) in [6.45, 7) is 5.91. The molecule has 0 N–H and O–H groups in total. The SMILES string of the molecule is CCCCCCCCCOC(=O)CCCCCCCC(C)CCCCCCCCOC(=O)CC12CC3CC(CC(C3)C1)C2. The topological polar surface area (TPSA) is 52.6 Å². The van der Waals surface area contributed by atoms with Crippen LogP contribution in [-0.2, 0) is 19.1 Å². The molecule has 0 heterocycles. The number of hydrogen-bond acceptors (Lipinski definition) is 4. The van der Waals surface area contributed by atoms with Crippen LogP contribution in [0, 0.1) is 29.1 Å². The molecule has 0 spiro atoms. The number of esters is 2. The maximum absolute atomic E-state index is 12.6. The van der Waals surface area contributed by atoms with Crippen LogP contribution >= 0.6 is 0 Å². The van der Waals surface area contributed by atoms with Gasteiger partial charge in [-0.2, -0.15) is 0 Å². The Bertz CT molecular complexity index is 710. The fourth-order valence-corrected chi connectivity index (χ4v) is 9.11. The molecule has 0 aliphatic heterocycles. The van der Waals surface area contributed by atoms with Gasteiger partial charge in [0.05, 0.1) is 19.6 Å². The summed E-state index contributed by atoms with van der Waals surface area (Å²) in [6, 6.07) is 0. The first-order chi connectivity index (χ1) is 21.0. The van der Waals surface area contributed by atoms with E-state index in [1.165, 1.54) is 141 Å². The van der Waals surface area contributed by atoms with Crippen molar-refractivity contribution >= 4 is 11.9 Å². The Balaban J connectivity index is 1.01. The van der Waals surface area contributed by atoms with Crippen molar-refractivity contribution in [2.24, 2.45) is 29.1 Å². The Morgan fingerprint density at radius 2 is 1.00 bits per heavy atom. The predicted octanol–water partition coefficient (Wildman–Crippen LogP) is 11.5. The minimum atomic E-state index is 0.00506. The van der Waals surface area contributed by atoms with Gasteiger partial charge < -0.3 is 9.47 Å². The van der Waals surface area contributed by atoms with Gasteiger partial charge in [0, 0.05) is 6.42 Å². The minimum Gasteiger partial charge on any atom is -0.466 e. The molecule has 4 bridgehead atoms. The quantitative estimate of drug-likeness (QED) is 0.0693. The third-order valence-corrected chi connectivity index (χ3v) is 11.1. The highest BCUT2D eigenvalue weighted by atomic mass is 16.5. The Labute approximate surface area is 266 Å². The van der Waals surface area contributed by atoms with E-state index >= 15 is 0 Å². The molecular formula is C39H70O4. The normalized spacial score (nSPS) is 24.7. The van der Waals surface area contributed by atoms with Gasteiger partial charge in [0.15, 0.2) is 0 Å². The van der Waals surface area contributed by atoms with Crippen LogP contribution in [0.3, 0.4) is 0 Å². The van der Waals surface area contributed by atoms with Crippen LogP contribution in [-0.4, -0.2) is 25.2 Å². The number of rotatable bonds is 27. The van der Waals surface area contributed by atoms with E-state index in [1.807, 2.05) is 0 Å². The highest BCUT2D eigenvalue weighted by molar-refractivity contribution is 5.70. The van der Waals surface area contributed by atoms with Crippen molar-refractivity contribution < 1.29 is 19.1 Å². The second-order valence-electron chi connectivity index (χ2n) is 15.5. The number of unbranched alkanes of at least 4 members (excludes halogenated alkanes) is 15. The second kappa shape index (κ2) is 21.6. The summed E-state index contributed by atoms with van der Waals surface area (Å²) in [5.74, 6) is 3.65. The minimum absolute atomic E-state index is 0.00506. The van der Waals surface area contributed by atoms with Gasteiger partial charge >= 0.3 is 11.9 Å². The molecule has 43 heavy (non-hydrogen) atoms. The first kappa shape index (κ1) is 36.4. The molecule has 4 rings (SSSR count). The van der Waals surface area contributed by atoms with E-state index in [0.717, 1.165) is 49.4 Å². The predicted molar refractivity (Wildman–Crippen MR) is 179 cm³/mol. The van der Waals surface area contributed by atoms with Crippen LogP contribution in [0.15, 0.2) is 0 Å². The van der Waals surface area contributed by atoms with Gasteiger partial charge in [-0.05, 0) is 86.9 Å². The van der Waals surface area contributed by atoms with Crippen LogP contribution in [0.5, 0.6) is 0 Å². The molecule has 0 radical (unpaired) electrons. The summed E-state index contributed by atoms with van der Waals surface area (Å²) in [7, 11) is 0. The van der Waals surface area contributed by atoms with Crippen molar-refractivity contribution in [1.29, 1.82) is 0 Å². The van der Waals surface area contributed by atoms with E-state index in [-0.39, 0.29) is 11.9 Å². The molecule has 0 saturated heterocycles. The lowest BCUT2D eigenvalue weighted by Crippen LogP contribution is -2.47. The molecule has 4 aliphatic carbocycles. The molecule has 0 aromatic heterocycles. The lowest BCUT2D eigenvalue weighted by Gasteiger charge is -2.56. The molecule has 0 aromatic rings. The van der Waals surface area contributed by atoms with Crippen LogP contribution < -0.4 is 0 Å². The van der Waals surface area contributed by atoms with Crippen LogP contribution in [0.25, 0.3) is 0 Å². The number of hydrogen-bond donors (Lipinski definition) is 0. The molecule has 0 aromatic carbocycles. The second-order valence-corrected chi connectivity index (χ2v) is 15.5. The molecule has 250 valence electrons. The molecule has 0 amide bonds. The molecule has 1 atom stereocenters. The van der Waals surface area contributed by atoms with E-state index < -0.39 is 0 Å². The summed E-state index contributed by atoms with van der Waals surface area (Å²) in [6.07, 6.45) is 34.5. The zero-order valence-electron chi connectivity index (χ0n) is 28.7. The summed E-state index contributed by atoms with van der Waals surface area (Å²) in [5.41, 5.74) is 0.312. The summed E-state index contributed by atoms with van der Waals surface area (Å²) in [5, 5.41) is 0. The molecule has 4 saturated carbocycles. The van der Waals surface area contributed by atoms with Gasteiger partial charge in [-0.15, -0.1) is 0 Å². The summed E-state index contributed by atoms with van der Waals surface area (Å²) < 4.78 is 11.1. The van der Waals surface area contributed by atoms with Crippen LogP contribution in [0.2, 0.25) is 0 Å². The third kappa shape index (κ3) is 15.7. The fourth-order valence-electron chi connectivity index (χ4n) is 9.11. The first-order valence-corrected chi connectivity index (χ1v) is 19.3. The Morgan fingerprint density at radius 1 is 0.581 bits per heavy atom. The van der Waals surface area contributed by atoms with Gasteiger partial charge in [0.2, 0.25) is 0 Å². The van der Waals surface area contributed by atoms with Gasteiger partial charge in [-0.25, -0.2) is 0 Å². The molecule has 4 fully saturated rings. The summed E-state index contributed by atoms with van der Waals surface area (Å²) >= 11 is 0. The van der Waals surface area contributed by atoms with Crippen molar-refractivity contribution in [3.8, 4) is 0 Å². The van der Waals surface area contributed by atoms with Crippen molar-refractivity contribution in [2.45, 2.75) is 194 Å². The van der Waals surface area contributed by atoms with Crippen LogP contribution in [0.4, 0.5) is 0 Å². The highest BCUT2D eigenvalue weighted by Gasteiger charge is 2.51. The van der Waals surface area contributed by atoms with Crippen molar-refractivity contribution in [2.75, 3.05) is 13.2 Å². The smallest absolute Gasteiger partial charge is 0.306 e. The Hall–Kier alpha value is -1.06. The maximum Gasteiger partial charge on any atom is 0.306 e. The molecule has 4 heteroatoms. The molecular weight excluding hydrogens is 532 g/mol. The van der Waals surface area contributed by atoms with Gasteiger partial charge in [0.1, 0.15) is 0 Å². The summed E-state index contributed by atoms with van der Waals surface area (Å²) in [4.78, 5) is 24.5. The number of carbonyl (C=O) groups excluding carboxylic acids is 2. The number of ether oxygens (including phenoxy) is 2. The fraction of sp³-hybridized carbons (Fsp3) is 0.949. The van der Waals surface area contributed by atoms with Gasteiger partial charge in [-0.1, -0.05) is 123 Å². The lowest BCUT2D eigenvalue weighted by atomic mass is 9.49. The maximum atomic E-state index is 12.6. The van der Waals surface area contributed by atoms with Crippen molar-refractivity contribution in [3.63, 3.8) is 0 Å². The van der Waals surface area contributed by atoms with Crippen molar-refractivity contribution in [1.82, 2.24) is 0 Å². The molecule has 1 unspecified atom stereocenters. The highest BCUT2D eigenvalue weighted by Crippen LogP contribution is 2.61. The standard InChI is InChI=1S/C39H70O4/c1-3-4-5-6-8-14-19-24-42-37(40)23-18-13-10-12-17-22-33(2)21-16-11-7-9-15-20-25-43-38(41)32-39-29-34-26-35(30-39)28-36(27-34)31-39/h33-36H,3-32H2,1-2H3. The zero-order chi connectivity index (χ0) is 30.6. The van der Waals surface area contributed by atoms with Gasteiger partial charge in [-0.3, -0.25) is 9.59 Å². The zero-order valence-corrected chi connectivity index (χ0v) is 28.7. The Kier molecular flexibility index (Phi) is 18.3. The Morgan fingerprint density at radius 3 is 1.51 bits per heavy atom. The van der Waals surface area contributed by atoms with E-state index in [2.05, 4.69) is 13.8 Å². The molecule has 4 nitrogen and oxygen atoms in total. The first-order valence-electron chi connectivity index (χ1n) is 19.3.